The standard InChI is InChI=1S/C20H20N4O4/c21-17(25)12-15-6-8-16(9-7-15)27-13-18-23-20(28-24-18)19(26)22-11-10-14-4-2-1-3-5-14/h1-9H,10-13H2,(H2,21,25)(H,22,26). The number of amides is 2. The van der Waals surface area contributed by atoms with E-state index in [1.54, 1.807) is 24.3 Å². The number of nitrogens with one attached hydrogen (secondary N) is 1. The normalized spacial score (nSPS) is 10.4. The second-order valence-electron chi connectivity index (χ2n) is 6.08. The van der Waals surface area contributed by atoms with Crippen molar-refractivity contribution in [3.63, 3.8) is 0 Å². The topological polar surface area (TPSA) is 120 Å². The second kappa shape index (κ2) is 9.31. The SMILES string of the molecule is NC(=O)Cc1ccc(OCc2noc(C(=O)NCCc3ccccc3)n2)cc1. The number of nitrogens with two attached hydrogens (primary N) is 1. The van der Waals surface area contributed by atoms with Crippen molar-refractivity contribution in [3.05, 3.63) is 77.4 Å². The van der Waals surface area contributed by atoms with Crippen LogP contribution in [-0.4, -0.2) is 28.5 Å². The predicted octanol–water partition coefficient (Wildman–Crippen LogP) is 1.65. The van der Waals surface area contributed by atoms with Gasteiger partial charge in [-0.2, -0.15) is 4.98 Å². The van der Waals surface area contributed by atoms with Crippen LogP contribution in [-0.2, 0) is 24.2 Å². The van der Waals surface area contributed by atoms with E-state index in [4.69, 9.17) is 15.0 Å². The first-order chi connectivity index (χ1) is 13.6. The molecule has 1 aromatic heterocycles. The summed E-state index contributed by atoms with van der Waals surface area (Å²) in [5.74, 6) is -0.0923. The average molecular weight is 380 g/mol. The van der Waals surface area contributed by atoms with Crippen LogP contribution in [0.5, 0.6) is 5.75 Å². The number of hydrogen-bond donors (Lipinski definition) is 2. The zero-order chi connectivity index (χ0) is 19.8. The fourth-order valence-corrected chi connectivity index (χ4v) is 2.50. The van der Waals surface area contributed by atoms with E-state index in [0.717, 1.165) is 11.1 Å². The lowest BCUT2D eigenvalue weighted by atomic mass is 10.1. The molecule has 0 saturated carbocycles. The lowest BCUT2D eigenvalue weighted by molar-refractivity contribution is -0.117. The quantitative estimate of drug-likeness (QED) is 0.582. The van der Waals surface area contributed by atoms with Crippen LogP contribution < -0.4 is 15.8 Å². The largest absolute Gasteiger partial charge is 0.485 e. The molecule has 0 radical (unpaired) electrons. The van der Waals surface area contributed by atoms with Gasteiger partial charge in [0.25, 0.3) is 0 Å². The van der Waals surface area contributed by atoms with Gasteiger partial charge in [-0.3, -0.25) is 9.59 Å². The number of rotatable bonds is 9. The number of hydrogen-bond acceptors (Lipinski definition) is 6. The zero-order valence-corrected chi connectivity index (χ0v) is 15.1. The van der Waals surface area contributed by atoms with Crippen molar-refractivity contribution in [2.24, 2.45) is 5.73 Å². The Kier molecular flexibility index (Phi) is 6.35. The molecule has 0 atom stereocenters. The third kappa shape index (κ3) is 5.66. The molecule has 28 heavy (non-hydrogen) atoms. The van der Waals surface area contributed by atoms with Crippen LogP contribution in [0.4, 0.5) is 0 Å². The number of nitrogens with zero attached hydrogens (tertiary/aromatic N) is 2. The van der Waals surface area contributed by atoms with Crippen molar-refractivity contribution in [3.8, 4) is 5.75 Å². The molecule has 0 aliphatic carbocycles. The van der Waals surface area contributed by atoms with E-state index in [-0.39, 0.29) is 24.7 Å². The Morgan fingerprint density at radius 1 is 1.04 bits per heavy atom. The zero-order valence-electron chi connectivity index (χ0n) is 15.1. The Labute approximate surface area is 161 Å². The van der Waals surface area contributed by atoms with E-state index in [0.29, 0.717) is 18.7 Å². The van der Waals surface area contributed by atoms with E-state index in [1.807, 2.05) is 30.3 Å². The third-order valence-electron chi connectivity index (χ3n) is 3.87. The molecule has 3 rings (SSSR count). The molecule has 0 spiro atoms. The van der Waals surface area contributed by atoms with Crippen LogP contribution in [0.1, 0.15) is 27.6 Å². The first-order valence-electron chi connectivity index (χ1n) is 8.75. The van der Waals surface area contributed by atoms with E-state index < -0.39 is 11.8 Å². The highest BCUT2D eigenvalue weighted by Crippen LogP contribution is 2.14. The van der Waals surface area contributed by atoms with Crippen LogP contribution in [0.3, 0.4) is 0 Å². The van der Waals surface area contributed by atoms with E-state index in [1.165, 1.54) is 0 Å². The molecule has 0 saturated heterocycles. The smallest absolute Gasteiger partial charge is 0.316 e. The highest BCUT2D eigenvalue weighted by Gasteiger charge is 2.15. The van der Waals surface area contributed by atoms with Crippen molar-refractivity contribution in [1.82, 2.24) is 15.5 Å². The number of benzene rings is 2. The van der Waals surface area contributed by atoms with Gasteiger partial charge < -0.3 is 20.3 Å². The molecule has 8 heteroatoms. The van der Waals surface area contributed by atoms with Gasteiger partial charge >= 0.3 is 11.8 Å². The minimum Gasteiger partial charge on any atom is -0.485 e. The first kappa shape index (κ1) is 19.1. The Balaban J connectivity index is 1.45. The summed E-state index contributed by atoms with van der Waals surface area (Å²) >= 11 is 0. The van der Waals surface area contributed by atoms with Crippen LogP contribution in [0.2, 0.25) is 0 Å². The molecule has 2 amide bonds. The number of primary amides is 1. The van der Waals surface area contributed by atoms with Crippen molar-refractivity contribution >= 4 is 11.8 Å². The summed E-state index contributed by atoms with van der Waals surface area (Å²) in [6.45, 7) is 0.519. The molecule has 0 aliphatic heterocycles. The molecular formula is C20H20N4O4. The predicted molar refractivity (Wildman–Crippen MR) is 100 cm³/mol. The lowest BCUT2D eigenvalue weighted by Gasteiger charge is -2.04. The monoisotopic (exact) mass is 380 g/mol. The summed E-state index contributed by atoms with van der Waals surface area (Å²) in [5.41, 5.74) is 7.08. The van der Waals surface area contributed by atoms with E-state index in [2.05, 4.69) is 15.5 Å². The number of carbonyl (C=O) groups excluding carboxylic acids is 2. The summed E-state index contributed by atoms with van der Waals surface area (Å²) < 4.78 is 10.5. The maximum Gasteiger partial charge on any atom is 0.316 e. The maximum absolute atomic E-state index is 12.1. The molecule has 0 aliphatic rings. The van der Waals surface area contributed by atoms with Crippen LogP contribution in [0.15, 0.2) is 59.1 Å². The Hall–Kier alpha value is -3.68. The minimum atomic E-state index is -0.425. The van der Waals surface area contributed by atoms with Crippen LogP contribution in [0, 0.1) is 0 Å². The van der Waals surface area contributed by atoms with Gasteiger partial charge in [-0.05, 0) is 29.7 Å². The summed E-state index contributed by atoms with van der Waals surface area (Å²) in [4.78, 5) is 27.0. The van der Waals surface area contributed by atoms with Crippen LogP contribution in [0.25, 0.3) is 0 Å². The van der Waals surface area contributed by atoms with Gasteiger partial charge in [0.2, 0.25) is 11.7 Å². The maximum atomic E-state index is 12.1. The summed E-state index contributed by atoms with van der Waals surface area (Å²) in [7, 11) is 0. The fourth-order valence-electron chi connectivity index (χ4n) is 2.50. The highest BCUT2D eigenvalue weighted by atomic mass is 16.5. The Morgan fingerprint density at radius 3 is 2.50 bits per heavy atom. The van der Waals surface area contributed by atoms with Gasteiger partial charge in [0, 0.05) is 6.54 Å². The van der Waals surface area contributed by atoms with E-state index in [9.17, 15) is 9.59 Å². The molecule has 8 nitrogen and oxygen atoms in total. The van der Waals surface area contributed by atoms with Crippen molar-refractivity contribution < 1.29 is 18.8 Å². The molecule has 144 valence electrons. The summed E-state index contributed by atoms with van der Waals surface area (Å²) in [6, 6.07) is 16.8. The van der Waals surface area contributed by atoms with Gasteiger partial charge in [-0.25, -0.2) is 0 Å². The van der Waals surface area contributed by atoms with Gasteiger partial charge in [-0.15, -0.1) is 0 Å². The van der Waals surface area contributed by atoms with Crippen molar-refractivity contribution in [2.45, 2.75) is 19.4 Å². The second-order valence-corrected chi connectivity index (χ2v) is 6.08. The molecule has 0 bridgehead atoms. The molecule has 0 fully saturated rings. The average Bonchev–Trinajstić information content (AvgIpc) is 3.17. The lowest BCUT2D eigenvalue weighted by Crippen LogP contribution is -2.26. The minimum absolute atomic E-state index is 0.0515. The van der Waals surface area contributed by atoms with Crippen LogP contribution >= 0.6 is 0 Å². The van der Waals surface area contributed by atoms with Gasteiger partial charge in [0.05, 0.1) is 6.42 Å². The van der Waals surface area contributed by atoms with Gasteiger partial charge in [-0.1, -0.05) is 47.6 Å². The molecule has 2 aromatic carbocycles. The molecule has 1 heterocycles. The first-order valence-corrected chi connectivity index (χ1v) is 8.75. The Morgan fingerprint density at radius 2 is 1.79 bits per heavy atom. The van der Waals surface area contributed by atoms with Gasteiger partial charge in [0.15, 0.2) is 6.61 Å². The van der Waals surface area contributed by atoms with Crippen molar-refractivity contribution in [2.75, 3.05) is 6.54 Å². The molecule has 3 aromatic rings. The number of aromatic nitrogens is 2. The van der Waals surface area contributed by atoms with E-state index >= 15 is 0 Å². The molecule has 0 unspecified atom stereocenters. The number of ether oxygens (including phenoxy) is 1. The van der Waals surface area contributed by atoms with Gasteiger partial charge in [0.1, 0.15) is 5.75 Å². The highest BCUT2D eigenvalue weighted by molar-refractivity contribution is 5.89. The summed E-state index contributed by atoms with van der Waals surface area (Å²) in [6.07, 6.45) is 0.885. The third-order valence-corrected chi connectivity index (χ3v) is 3.87. The van der Waals surface area contributed by atoms with Crippen molar-refractivity contribution in [1.29, 1.82) is 0 Å². The Bertz CT molecular complexity index is 923. The number of carbonyl (C=O) groups is 2. The molecular weight excluding hydrogens is 360 g/mol. The molecule has 3 N–H and O–H groups in total. The summed E-state index contributed by atoms with van der Waals surface area (Å²) in [5, 5.41) is 6.48. The fraction of sp³-hybridized carbons (Fsp3) is 0.200.